The molecular weight excluding hydrogens is 346 g/mol. The topological polar surface area (TPSA) is 45.2 Å². The number of nitrogens with zero attached hydrogens (tertiary/aromatic N) is 2. The Morgan fingerprint density at radius 3 is 2.29 bits per heavy atom. The molecule has 0 aliphatic carbocycles. The van der Waals surface area contributed by atoms with Crippen LogP contribution in [-0.2, 0) is 13.1 Å². The average Bonchev–Trinajstić information content (AvgIpc) is 2.72. The number of aromatic nitrogens is 1. The first-order chi connectivity index (χ1) is 13.5. The Hall–Kier alpha value is -3.14. The van der Waals surface area contributed by atoms with E-state index < -0.39 is 0 Å². The van der Waals surface area contributed by atoms with E-state index in [0.29, 0.717) is 18.3 Å². The van der Waals surface area contributed by atoms with E-state index in [1.54, 1.807) is 12.3 Å². The number of nitrogens with one attached hydrogen (secondary N) is 1. The number of amides is 1. The first-order valence-electron chi connectivity index (χ1n) is 9.63. The maximum Gasteiger partial charge on any atom is 0.270 e. The minimum atomic E-state index is -0.161. The molecule has 0 atom stereocenters. The molecule has 1 amide bonds. The van der Waals surface area contributed by atoms with Gasteiger partial charge in [-0.2, -0.15) is 0 Å². The van der Waals surface area contributed by atoms with Gasteiger partial charge in [0.05, 0.1) is 11.9 Å². The number of benzene rings is 2. The van der Waals surface area contributed by atoms with Crippen molar-refractivity contribution in [3.8, 4) is 0 Å². The van der Waals surface area contributed by atoms with Gasteiger partial charge in [0.25, 0.3) is 5.91 Å². The van der Waals surface area contributed by atoms with Gasteiger partial charge in [-0.15, -0.1) is 0 Å². The van der Waals surface area contributed by atoms with Crippen molar-refractivity contribution in [3.63, 3.8) is 0 Å². The number of carbonyl (C=O) groups excluding carboxylic acids is 1. The standard InChI is InChI=1S/C24H27N3O/c1-18(2)27(17-21-7-5-4-6-8-21)22-13-14-23(25-16-22)24(28)26-15-20-11-9-19(3)10-12-20/h4-14,16,18H,15,17H2,1-3H3,(H,26,28). The van der Waals surface area contributed by atoms with Crippen molar-refractivity contribution >= 4 is 11.6 Å². The monoisotopic (exact) mass is 373 g/mol. The fourth-order valence-corrected chi connectivity index (χ4v) is 3.02. The maximum absolute atomic E-state index is 12.4. The van der Waals surface area contributed by atoms with Gasteiger partial charge >= 0.3 is 0 Å². The molecule has 1 N–H and O–H groups in total. The third-order valence-corrected chi connectivity index (χ3v) is 4.70. The highest BCUT2D eigenvalue weighted by Gasteiger charge is 2.13. The summed E-state index contributed by atoms with van der Waals surface area (Å²) in [7, 11) is 0. The zero-order valence-electron chi connectivity index (χ0n) is 16.7. The van der Waals surface area contributed by atoms with Gasteiger partial charge in [-0.05, 0) is 44.0 Å². The van der Waals surface area contributed by atoms with Crippen molar-refractivity contribution in [1.29, 1.82) is 0 Å². The van der Waals surface area contributed by atoms with Crippen LogP contribution in [0.4, 0.5) is 5.69 Å². The molecule has 3 aromatic rings. The van der Waals surface area contributed by atoms with E-state index >= 15 is 0 Å². The Balaban J connectivity index is 1.65. The van der Waals surface area contributed by atoms with Gasteiger partial charge in [0.1, 0.15) is 5.69 Å². The van der Waals surface area contributed by atoms with Gasteiger partial charge in [-0.1, -0.05) is 60.2 Å². The molecule has 0 saturated heterocycles. The van der Waals surface area contributed by atoms with Gasteiger partial charge in [0.15, 0.2) is 0 Å². The zero-order valence-corrected chi connectivity index (χ0v) is 16.7. The molecule has 0 saturated carbocycles. The van der Waals surface area contributed by atoms with E-state index in [4.69, 9.17) is 0 Å². The lowest BCUT2D eigenvalue weighted by atomic mass is 10.1. The summed E-state index contributed by atoms with van der Waals surface area (Å²) >= 11 is 0. The summed E-state index contributed by atoms with van der Waals surface area (Å²) in [6.45, 7) is 7.66. The molecule has 3 rings (SSSR count). The molecule has 0 unspecified atom stereocenters. The highest BCUT2D eigenvalue weighted by atomic mass is 16.1. The lowest BCUT2D eigenvalue weighted by molar-refractivity contribution is 0.0946. The largest absolute Gasteiger partial charge is 0.364 e. The van der Waals surface area contributed by atoms with Crippen molar-refractivity contribution < 1.29 is 4.79 Å². The molecule has 1 heterocycles. The number of pyridine rings is 1. The Morgan fingerprint density at radius 2 is 1.68 bits per heavy atom. The van der Waals surface area contributed by atoms with E-state index in [1.807, 2.05) is 55.5 Å². The SMILES string of the molecule is Cc1ccc(CNC(=O)c2ccc(N(Cc3ccccc3)C(C)C)cn2)cc1. The van der Waals surface area contributed by atoms with E-state index in [9.17, 15) is 4.79 Å². The predicted molar refractivity (Wildman–Crippen MR) is 114 cm³/mol. The van der Waals surface area contributed by atoms with E-state index in [-0.39, 0.29) is 5.91 Å². The summed E-state index contributed by atoms with van der Waals surface area (Å²) in [4.78, 5) is 19.1. The predicted octanol–water partition coefficient (Wildman–Crippen LogP) is 4.74. The van der Waals surface area contributed by atoms with Gasteiger partial charge in [-0.3, -0.25) is 4.79 Å². The fourth-order valence-electron chi connectivity index (χ4n) is 3.02. The van der Waals surface area contributed by atoms with Crippen molar-refractivity contribution in [3.05, 3.63) is 95.3 Å². The third-order valence-electron chi connectivity index (χ3n) is 4.70. The molecule has 144 valence electrons. The lowest BCUT2D eigenvalue weighted by Crippen LogP contribution is -2.30. The van der Waals surface area contributed by atoms with E-state index in [0.717, 1.165) is 17.8 Å². The van der Waals surface area contributed by atoms with Crippen LogP contribution >= 0.6 is 0 Å². The number of carbonyl (C=O) groups is 1. The molecule has 0 aliphatic rings. The third kappa shape index (κ3) is 5.19. The molecule has 4 heteroatoms. The summed E-state index contributed by atoms with van der Waals surface area (Å²) < 4.78 is 0. The number of anilines is 1. The Morgan fingerprint density at radius 1 is 0.964 bits per heavy atom. The molecule has 0 aliphatic heterocycles. The van der Waals surface area contributed by atoms with Crippen LogP contribution in [-0.4, -0.2) is 16.9 Å². The van der Waals surface area contributed by atoms with Gasteiger partial charge < -0.3 is 10.2 Å². The van der Waals surface area contributed by atoms with Crippen LogP contribution in [0.1, 0.15) is 41.0 Å². The van der Waals surface area contributed by atoms with Crippen LogP contribution in [0.5, 0.6) is 0 Å². The summed E-state index contributed by atoms with van der Waals surface area (Å²) in [5.74, 6) is -0.161. The molecule has 0 spiro atoms. The molecule has 2 aromatic carbocycles. The number of aryl methyl sites for hydroxylation is 1. The van der Waals surface area contributed by atoms with Crippen LogP contribution in [0, 0.1) is 6.92 Å². The van der Waals surface area contributed by atoms with Gasteiger partial charge in [0, 0.05) is 19.1 Å². The first kappa shape index (κ1) is 19.6. The van der Waals surface area contributed by atoms with Crippen LogP contribution in [0.3, 0.4) is 0 Å². The van der Waals surface area contributed by atoms with Crippen LogP contribution < -0.4 is 10.2 Å². The second-order valence-corrected chi connectivity index (χ2v) is 7.28. The second kappa shape index (κ2) is 9.18. The normalized spacial score (nSPS) is 10.7. The zero-order chi connectivity index (χ0) is 19.9. The quantitative estimate of drug-likeness (QED) is 0.651. The summed E-state index contributed by atoms with van der Waals surface area (Å²) in [5.41, 5.74) is 4.96. The second-order valence-electron chi connectivity index (χ2n) is 7.28. The number of rotatable bonds is 7. The Bertz CT molecular complexity index is 887. The maximum atomic E-state index is 12.4. The summed E-state index contributed by atoms with van der Waals surface area (Å²) in [6, 6.07) is 22.6. The molecule has 4 nitrogen and oxygen atoms in total. The van der Waals surface area contributed by atoms with Crippen LogP contribution in [0.2, 0.25) is 0 Å². The fraction of sp³-hybridized carbons (Fsp3) is 0.250. The van der Waals surface area contributed by atoms with Crippen molar-refractivity contribution in [2.24, 2.45) is 0 Å². The first-order valence-corrected chi connectivity index (χ1v) is 9.63. The van der Waals surface area contributed by atoms with Crippen molar-refractivity contribution in [1.82, 2.24) is 10.3 Å². The molecule has 0 radical (unpaired) electrons. The molecule has 1 aromatic heterocycles. The summed E-state index contributed by atoms with van der Waals surface area (Å²) in [6.07, 6.45) is 1.78. The molecule has 28 heavy (non-hydrogen) atoms. The number of hydrogen-bond acceptors (Lipinski definition) is 3. The number of hydrogen-bond donors (Lipinski definition) is 1. The Labute approximate surface area is 167 Å². The Kier molecular flexibility index (Phi) is 6.43. The minimum absolute atomic E-state index is 0.161. The van der Waals surface area contributed by atoms with Crippen LogP contribution in [0.25, 0.3) is 0 Å². The van der Waals surface area contributed by atoms with E-state index in [1.165, 1.54) is 11.1 Å². The average molecular weight is 374 g/mol. The van der Waals surface area contributed by atoms with E-state index in [2.05, 4.69) is 41.2 Å². The van der Waals surface area contributed by atoms with Crippen molar-refractivity contribution in [2.45, 2.75) is 39.9 Å². The van der Waals surface area contributed by atoms with Crippen LogP contribution in [0.15, 0.2) is 72.9 Å². The smallest absolute Gasteiger partial charge is 0.270 e. The lowest BCUT2D eigenvalue weighted by Gasteiger charge is -2.29. The van der Waals surface area contributed by atoms with Crippen molar-refractivity contribution in [2.75, 3.05) is 4.90 Å². The van der Waals surface area contributed by atoms with Gasteiger partial charge in [0.2, 0.25) is 0 Å². The minimum Gasteiger partial charge on any atom is -0.364 e. The highest BCUT2D eigenvalue weighted by Crippen LogP contribution is 2.19. The molecule has 0 bridgehead atoms. The van der Waals surface area contributed by atoms with Gasteiger partial charge in [-0.25, -0.2) is 4.98 Å². The highest BCUT2D eigenvalue weighted by molar-refractivity contribution is 5.92. The molecule has 0 fully saturated rings. The summed E-state index contributed by atoms with van der Waals surface area (Å²) in [5, 5.41) is 2.93. The molecular formula is C24H27N3O.